The summed E-state index contributed by atoms with van der Waals surface area (Å²) in [6.07, 6.45) is 0.0640. The minimum Gasteiger partial charge on any atom is -0.294 e. The molecule has 0 N–H and O–H groups in total. The molecule has 7 heteroatoms. The smallest absolute Gasteiger partial charge is 0.294 e. The van der Waals surface area contributed by atoms with Gasteiger partial charge in [0.15, 0.2) is 5.82 Å². The van der Waals surface area contributed by atoms with Gasteiger partial charge in [-0.25, -0.2) is 9.97 Å². The molecule has 1 aliphatic rings. The van der Waals surface area contributed by atoms with Gasteiger partial charge in [-0.05, 0) is 29.8 Å². The molecule has 0 bridgehead atoms. The predicted molar refractivity (Wildman–Crippen MR) is 112 cm³/mol. The molecule has 0 unspecified atom stereocenters. The number of para-hydroxylation sites is 1. The second-order valence-electron chi connectivity index (χ2n) is 7.69. The van der Waals surface area contributed by atoms with Crippen molar-refractivity contribution in [3.8, 4) is 11.4 Å². The molecule has 1 aliphatic heterocycles. The Morgan fingerprint density at radius 3 is 2.55 bits per heavy atom. The van der Waals surface area contributed by atoms with Crippen LogP contribution in [0.25, 0.3) is 22.3 Å². The number of alkyl halides is 3. The number of hydrogen-bond acceptors (Lipinski definition) is 4. The van der Waals surface area contributed by atoms with E-state index in [1.807, 2.05) is 24.4 Å². The van der Waals surface area contributed by atoms with Gasteiger partial charge in [-0.15, -0.1) is 0 Å². The van der Waals surface area contributed by atoms with Gasteiger partial charge in [0.25, 0.3) is 0 Å². The molecule has 4 aromatic rings. The largest absolute Gasteiger partial charge is 0.416 e. The molecular weight excluding hydrogens is 401 g/mol. The number of rotatable bonds is 3. The highest BCUT2D eigenvalue weighted by Crippen LogP contribution is 2.31. The number of halogens is 3. The summed E-state index contributed by atoms with van der Waals surface area (Å²) in [6.45, 7) is 2.40. The molecule has 0 fully saturated rings. The molecule has 156 valence electrons. The van der Waals surface area contributed by atoms with Gasteiger partial charge in [0.05, 0.1) is 16.8 Å². The van der Waals surface area contributed by atoms with Gasteiger partial charge >= 0.3 is 6.18 Å². The van der Waals surface area contributed by atoms with Crippen molar-refractivity contribution in [2.75, 3.05) is 6.54 Å². The van der Waals surface area contributed by atoms with Crippen molar-refractivity contribution < 1.29 is 13.2 Å². The molecule has 0 amide bonds. The van der Waals surface area contributed by atoms with Crippen LogP contribution in [0.2, 0.25) is 0 Å². The van der Waals surface area contributed by atoms with Crippen LogP contribution in [-0.4, -0.2) is 26.4 Å². The predicted octanol–water partition coefficient (Wildman–Crippen LogP) is 5.27. The average Bonchev–Trinajstić information content (AvgIpc) is 2.78. The van der Waals surface area contributed by atoms with Crippen LogP contribution in [0.4, 0.5) is 13.2 Å². The second-order valence-corrected chi connectivity index (χ2v) is 7.69. The standard InChI is InChI=1S/C24H19F3N4/c25-24(26,27)19-7-5-16(6-8-19)23-29-13-18-15-31(12-10-21(18)30-23)14-17-9-11-28-22-4-2-1-3-20(17)22/h1-9,11,13H,10,12,14-15H2. The van der Waals surface area contributed by atoms with Crippen molar-refractivity contribution in [3.05, 3.63) is 89.4 Å². The minimum absolute atomic E-state index is 0.459. The van der Waals surface area contributed by atoms with Crippen molar-refractivity contribution in [2.45, 2.75) is 25.7 Å². The summed E-state index contributed by atoms with van der Waals surface area (Å²) < 4.78 is 38.4. The zero-order valence-electron chi connectivity index (χ0n) is 16.6. The lowest BCUT2D eigenvalue weighted by Crippen LogP contribution is -2.31. The molecule has 0 spiro atoms. The summed E-state index contributed by atoms with van der Waals surface area (Å²) >= 11 is 0. The average molecular weight is 420 g/mol. The number of benzene rings is 2. The Bertz CT molecular complexity index is 1230. The first-order valence-corrected chi connectivity index (χ1v) is 10.0. The number of aromatic nitrogens is 3. The molecule has 31 heavy (non-hydrogen) atoms. The highest BCUT2D eigenvalue weighted by molar-refractivity contribution is 5.81. The number of fused-ring (bicyclic) bond motifs is 2. The lowest BCUT2D eigenvalue weighted by Gasteiger charge is -2.28. The van der Waals surface area contributed by atoms with Crippen LogP contribution in [-0.2, 0) is 25.7 Å². The fraction of sp³-hybridized carbons (Fsp3) is 0.208. The van der Waals surface area contributed by atoms with Crippen molar-refractivity contribution in [1.29, 1.82) is 0 Å². The third-order valence-electron chi connectivity index (χ3n) is 5.62. The van der Waals surface area contributed by atoms with E-state index in [0.29, 0.717) is 11.4 Å². The van der Waals surface area contributed by atoms with Crippen LogP contribution < -0.4 is 0 Å². The maximum Gasteiger partial charge on any atom is 0.416 e. The van der Waals surface area contributed by atoms with Gasteiger partial charge in [-0.3, -0.25) is 9.88 Å². The van der Waals surface area contributed by atoms with Crippen molar-refractivity contribution in [2.24, 2.45) is 0 Å². The highest BCUT2D eigenvalue weighted by Gasteiger charge is 2.30. The summed E-state index contributed by atoms with van der Waals surface area (Å²) in [7, 11) is 0. The van der Waals surface area contributed by atoms with Gasteiger partial charge in [0.1, 0.15) is 0 Å². The Morgan fingerprint density at radius 2 is 1.74 bits per heavy atom. The summed E-state index contributed by atoms with van der Waals surface area (Å²) in [4.78, 5) is 15.8. The fourth-order valence-electron chi connectivity index (χ4n) is 3.99. The molecule has 5 rings (SSSR count). The van der Waals surface area contributed by atoms with E-state index in [0.717, 1.165) is 60.3 Å². The zero-order chi connectivity index (χ0) is 21.4. The van der Waals surface area contributed by atoms with Gasteiger partial charge in [0.2, 0.25) is 0 Å². The van der Waals surface area contributed by atoms with E-state index in [9.17, 15) is 13.2 Å². The molecule has 3 heterocycles. The van der Waals surface area contributed by atoms with Gasteiger partial charge in [-0.1, -0.05) is 30.3 Å². The number of hydrogen-bond donors (Lipinski definition) is 0. The van der Waals surface area contributed by atoms with E-state index < -0.39 is 11.7 Å². The topological polar surface area (TPSA) is 41.9 Å². The first kappa shape index (κ1) is 19.6. The lowest BCUT2D eigenvalue weighted by molar-refractivity contribution is -0.137. The van der Waals surface area contributed by atoms with E-state index in [4.69, 9.17) is 0 Å². The number of pyridine rings is 1. The molecule has 0 saturated heterocycles. The summed E-state index contributed by atoms with van der Waals surface area (Å²) in [5, 5.41) is 1.16. The quantitative estimate of drug-likeness (QED) is 0.453. The number of nitrogens with zero attached hydrogens (tertiary/aromatic N) is 4. The lowest BCUT2D eigenvalue weighted by atomic mass is 10.0. The van der Waals surface area contributed by atoms with E-state index in [1.54, 1.807) is 6.20 Å². The first-order chi connectivity index (χ1) is 15.0. The zero-order valence-corrected chi connectivity index (χ0v) is 16.6. The Kier molecular flexibility index (Phi) is 4.90. The Labute approximate surface area is 177 Å². The first-order valence-electron chi connectivity index (χ1n) is 10.0. The molecule has 2 aromatic carbocycles. The summed E-state index contributed by atoms with van der Waals surface area (Å²) in [5.41, 5.74) is 4.15. The van der Waals surface area contributed by atoms with E-state index in [-0.39, 0.29) is 0 Å². The maximum absolute atomic E-state index is 12.8. The second kappa shape index (κ2) is 7.74. The minimum atomic E-state index is -4.35. The molecule has 4 nitrogen and oxygen atoms in total. The van der Waals surface area contributed by atoms with Crippen LogP contribution in [0.3, 0.4) is 0 Å². The van der Waals surface area contributed by atoms with Gasteiger partial charge in [-0.2, -0.15) is 13.2 Å². The third-order valence-corrected chi connectivity index (χ3v) is 5.62. The molecule has 0 atom stereocenters. The Balaban J connectivity index is 1.34. The fourth-order valence-corrected chi connectivity index (χ4v) is 3.99. The van der Waals surface area contributed by atoms with Crippen LogP contribution in [0.5, 0.6) is 0 Å². The monoisotopic (exact) mass is 420 g/mol. The molecular formula is C24H19F3N4. The SMILES string of the molecule is FC(F)(F)c1ccc(-c2ncc3c(n2)CCN(Cc2ccnc4ccccc24)C3)cc1. The third kappa shape index (κ3) is 4.01. The normalized spacial score (nSPS) is 14.5. The summed E-state index contributed by atoms with van der Waals surface area (Å²) in [6, 6.07) is 15.2. The Hall–Kier alpha value is -3.32. The molecule has 0 radical (unpaired) electrons. The van der Waals surface area contributed by atoms with E-state index in [1.165, 1.54) is 17.7 Å². The maximum atomic E-state index is 12.8. The van der Waals surface area contributed by atoms with Crippen molar-refractivity contribution in [3.63, 3.8) is 0 Å². The van der Waals surface area contributed by atoms with Crippen LogP contribution in [0, 0.1) is 0 Å². The summed E-state index contributed by atoms with van der Waals surface area (Å²) in [5.74, 6) is 0.459. The Morgan fingerprint density at radius 1 is 0.935 bits per heavy atom. The molecule has 0 saturated carbocycles. The van der Waals surface area contributed by atoms with Crippen molar-refractivity contribution >= 4 is 10.9 Å². The van der Waals surface area contributed by atoms with Gasteiger partial charge in [0, 0.05) is 55.0 Å². The molecule has 2 aromatic heterocycles. The highest BCUT2D eigenvalue weighted by atomic mass is 19.4. The van der Waals surface area contributed by atoms with E-state index in [2.05, 4.69) is 32.0 Å². The van der Waals surface area contributed by atoms with Crippen LogP contribution >= 0.6 is 0 Å². The van der Waals surface area contributed by atoms with Crippen molar-refractivity contribution in [1.82, 2.24) is 19.9 Å². The molecule has 0 aliphatic carbocycles. The van der Waals surface area contributed by atoms with Crippen LogP contribution in [0.1, 0.15) is 22.4 Å². The van der Waals surface area contributed by atoms with E-state index >= 15 is 0 Å². The van der Waals surface area contributed by atoms with Crippen LogP contribution in [0.15, 0.2) is 67.0 Å². The van der Waals surface area contributed by atoms with Gasteiger partial charge < -0.3 is 0 Å².